The fraction of sp³-hybridized carbons (Fsp3) is 0.300. The second kappa shape index (κ2) is 7.37. The second-order valence-electron chi connectivity index (χ2n) is 6.90. The van der Waals surface area contributed by atoms with Crippen LogP contribution in [-0.4, -0.2) is 36.7 Å². The van der Waals surface area contributed by atoms with E-state index in [9.17, 15) is 13.2 Å². The van der Waals surface area contributed by atoms with E-state index in [0.29, 0.717) is 48.6 Å². The van der Waals surface area contributed by atoms with E-state index >= 15 is 0 Å². The lowest BCUT2D eigenvalue weighted by Gasteiger charge is -2.30. The monoisotopic (exact) mass is 399 g/mol. The Morgan fingerprint density at radius 3 is 2.57 bits per heavy atom. The lowest BCUT2D eigenvalue weighted by Crippen LogP contribution is -2.41. The average Bonchev–Trinajstić information content (AvgIpc) is 3.08. The molecule has 1 saturated heterocycles. The average molecular weight is 399 g/mol. The number of aromatic nitrogens is 1. The number of sulfonamides is 1. The molecule has 146 valence electrons. The van der Waals surface area contributed by atoms with Crippen LogP contribution in [0.25, 0.3) is 11.1 Å². The Hall–Kier alpha value is -2.71. The first-order valence-electron chi connectivity index (χ1n) is 9.17. The summed E-state index contributed by atoms with van der Waals surface area (Å²) in [6, 6.07) is 13.7. The van der Waals surface area contributed by atoms with Crippen LogP contribution in [0.15, 0.2) is 57.8 Å². The maximum Gasteiger partial charge on any atom is 0.243 e. The van der Waals surface area contributed by atoms with Gasteiger partial charge in [-0.15, -0.1) is 0 Å². The summed E-state index contributed by atoms with van der Waals surface area (Å²) in [5.74, 6) is 0.249. The number of rotatable bonds is 4. The summed E-state index contributed by atoms with van der Waals surface area (Å²) in [4.78, 5) is 17.2. The number of amides is 1. The molecule has 1 aliphatic heterocycles. The number of nitrogens with zero attached hydrogens (tertiary/aromatic N) is 2. The van der Waals surface area contributed by atoms with Gasteiger partial charge in [0.1, 0.15) is 5.52 Å². The van der Waals surface area contributed by atoms with Crippen molar-refractivity contribution in [1.82, 2.24) is 9.29 Å². The number of benzene rings is 2. The van der Waals surface area contributed by atoms with E-state index in [4.69, 9.17) is 4.42 Å². The molecule has 1 amide bonds. The maximum atomic E-state index is 12.7. The lowest BCUT2D eigenvalue weighted by molar-refractivity contribution is -0.120. The summed E-state index contributed by atoms with van der Waals surface area (Å²) in [6.45, 7) is 2.43. The van der Waals surface area contributed by atoms with E-state index in [-0.39, 0.29) is 16.7 Å². The minimum Gasteiger partial charge on any atom is -0.441 e. The summed E-state index contributed by atoms with van der Waals surface area (Å²) < 4.78 is 32.3. The Kier molecular flexibility index (Phi) is 4.91. The van der Waals surface area contributed by atoms with Gasteiger partial charge in [0.05, 0.1) is 4.90 Å². The van der Waals surface area contributed by atoms with Gasteiger partial charge in [-0.1, -0.05) is 18.2 Å². The number of fused-ring (bicyclic) bond motifs is 1. The summed E-state index contributed by atoms with van der Waals surface area (Å²) in [5, 5.41) is 2.91. The largest absolute Gasteiger partial charge is 0.441 e. The Balaban J connectivity index is 1.39. The highest BCUT2D eigenvalue weighted by Gasteiger charge is 2.32. The molecule has 1 fully saturated rings. The molecule has 8 heteroatoms. The van der Waals surface area contributed by atoms with Crippen LogP contribution in [0.5, 0.6) is 0 Å². The van der Waals surface area contributed by atoms with Crippen LogP contribution in [-0.2, 0) is 14.8 Å². The van der Waals surface area contributed by atoms with Crippen molar-refractivity contribution >= 4 is 32.7 Å². The number of carbonyl (C=O) groups is 1. The van der Waals surface area contributed by atoms with Crippen molar-refractivity contribution in [1.29, 1.82) is 0 Å². The van der Waals surface area contributed by atoms with Gasteiger partial charge in [0.2, 0.25) is 15.9 Å². The van der Waals surface area contributed by atoms with E-state index in [1.54, 1.807) is 55.5 Å². The number of oxazole rings is 1. The van der Waals surface area contributed by atoms with Gasteiger partial charge in [-0.3, -0.25) is 4.79 Å². The van der Waals surface area contributed by atoms with E-state index < -0.39 is 10.0 Å². The van der Waals surface area contributed by atoms with Gasteiger partial charge < -0.3 is 9.73 Å². The Morgan fingerprint density at radius 2 is 1.86 bits per heavy atom. The Morgan fingerprint density at radius 1 is 1.14 bits per heavy atom. The molecule has 0 unspecified atom stereocenters. The van der Waals surface area contributed by atoms with Gasteiger partial charge in [0, 0.05) is 31.6 Å². The van der Waals surface area contributed by atoms with Crippen molar-refractivity contribution in [3.63, 3.8) is 0 Å². The summed E-state index contributed by atoms with van der Waals surface area (Å²) in [7, 11) is -3.51. The quantitative estimate of drug-likeness (QED) is 0.727. The molecular formula is C20H21N3O4S. The molecule has 1 aliphatic rings. The molecule has 1 N–H and O–H groups in total. The molecule has 0 spiro atoms. The molecule has 28 heavy (non-hydrogen) atoms. The van der Waals surface area contributed by atoms with Gasteiger partial charge in [0.25, 0.3) is 0 Å². The summed E-state index contributed by atoms with van der Waals surface area (Å²) in [5.41, 5.74) is 2.03. The van der Waals surface area contributed by atoms with Crippen LogP contribution in [0.2, 0.25) is 0 Å². The third-order valence-electron chi connectivity index (χ3n) is 4.97. The molecule has 0 saturated carbocycles. The summed E-state index contributed by atoms with van der Waals surface area (Å²) >= 11 is 0. The second-order valence-corrected chi connectivity index (χ2v) is 8.83. The number of anilines is 1. The molecule has 3 aromatic rings. The van der Waals surface area contributed by atoms with Crippen molar-refractivity contribution in [2.24, 2.45) is 5.92 Å². The zero-order chi connectivity index (χ0) is 19.7. The van der Waals surface area contributed by atoms with Gasteiger partial charge in [0.15, 0.2) is 11.5 Å². The number of hydrogen-bond acceptors (Lipinski definition) is 5. The number of piperidine rings is 1. The minimum absolute atomic E-state index is 0.101. The van der Waals surface area contributed by atoms with E-state index in [2.05, 4.69) is 10.3 Å². The first kappa shape index (κ1) is 18.6. The number of aryl methyl sites for hydroxylation is 1. The van der Waals surface area contributed by atoms with Crippen molar-refractivity contribution in [2.75, 3.05) is 18.4 Å². The molecule has 0 atom stereocenters. The van der Waals surface area contributed by atoms with Crippen LogP contribution in [0.4, 0.5) is 5.69 Å². The van der Waals surface area contributed by atoms with E-state index in [1.165, 1.54) is 4.31 Å². The zero-order valence-corrected chi connectivity index (χ0v) is 16.3. The van der Waals surface area contributed by atoms with Crippen molar-refractivity contribution in [2.45, 2.75) is 24.7 Å². The number of hydrogen-bond donors (Lipinski definition) is 1. The Bertz CT molecular complexity index is 1100. The molecule has 2 aromatic carbocycles. The zero-order valence-electron chi connectivity index (χ0n) is 15.5. The smallest absolute Gasteiger partial charge is 0.243 e. The molecule has 4 rings (SSSR count). The minimum atomic E-state index is -3.51. The van der Waals surface area contributed by atoms with Gasteiger partial charge >= 0.3 is 0 Å². The third kappa shape index (κ3) is 3.65. The molecule has 0 bridgehead atoms. The summed E-state index contributed by atoms with van der Waals surface area (Å²) in [6.07, 6.45) is 0.979. The van der Waals surface area contributed by atoms with Gasteiger partial charge in [-0.05, 0) is 43.2 Å². The van der Waals surface area contributed by atoms with Crippen LogP contribution in [0.3, 0.4) is 0 Å². The van der Waals surface area contributed by atoms with Gasteiger partial charge in [-0.2, -0.15) is 4.31 Å². The van der Waals surface area contributed by atoms with Crippen LogP contribution in [0, 0.1) is 12.8 Å². The first-order chi connectivity index (χ1) is 13.4. The topological polar surface area (TPSA) is 92.5 Å². The highest BCUT2D eigenvalue weighted by atomic mass is 32.2. The standard InChI is InChI=1S/C20H21N3O4S/c1-14-21-18-13-16(7-8-19(18)27-14)22-20(24)15-9-11-23(12-10-15)28(25,26)17-5-3-2-4-6-17/h2-8,13,15H,9-12H2,1H3,(H,22,24). The van der Waals surface area contributed by atoms with E-state index in [0.717, 1.165) is 0 Å². The fourth-order valence-corrected chi connectivity index (χ4v) is 4.96. The third-order valence-corrected chi connectivity index (χ3v) is 6.88. The van der Waals surface area contributed by atoms with Crippen LogP contribution < -0.4 is 5.32 Å². The highest BCUT2D eigenvalue weighted by molar-refractivity contribution is 7.89. The number of nitrogens with one attached hydrogen (secondary N) is 1. The highest BCUT2D eigenvalue weighted by Crippen LogP contribution is 2.26. The molecule has 7 nitrogen and oxygen atoms in total. The SMILES string of the molecule is Cc1nc2cc(NC(=O)C3CCN(S(=O)(=O)c4ccccc4)CC3)ccc2o1. The molecule has 0 radical (unpaired) electrons. The van der Waals surface area contributed by atoms with Crippen LogP contribution >= 0.6 is 0 Å². The molecule has 0 aliphatic carbocycles. The molecule has 1 aromatic heterocycles. The normalized spacial score (nSPS) is 16.3. The molecule has 2 heterocycles. The maximum absolute atomic E-state index is 12.7. The first-order valence-corrected chi connectivity index (χ1v) is 10.6. The number of carbonyl (C=O) groups excluding carboxylic acids is 1. The van der Waals surface area contributed by atoms with Crippen LogP contribution in [0.1, 0.15) is 18.7 Å². The van der Waals surface area contributed by atoms with Crippen molar-refractivity contribution in [3.8, 4) is 0 Å². The molecular weight excluding hydrogens is 378 g/mol. The predicted octanol–water partition coefficient (Wildman–Crippen LogP) is 3.18. The fourth-order valence-electron chi connectivity index (χ4n) is 3.46. The van der Waals surface area contributed by atoms with E-state index in [1.807, 2.05) is 0 Å². The Labute approximate surface area is 163 Å². The predicted molar refractivity (Wildman–Crippen MR) is 105 cm³/mol. The van der Waals surface area contributed by atoms with Crippen molar-refractivity contribution < 1.29 is 17.6 Å². The van der Waals surface area contributed by atoms with Crippen molar-refractivity contribution in [3.05, 3.63) is 54.4 Å². The van der Waals surface area contributed by atoms with Gasteiger partial charge in [-0.25, -0.2) is 13.4 Å². The lowest BCUT2D eigenvalue weighted by atomic mass is 9.97.